The van der Waals surface area contributed by atoms with E-state index in [1.165, 1.54) is 0 Å². The fraction of sp³-hybridized carbons (Fsp3) is 0.778. The molecule has 3 N–H and O–H groups in total. The highest BCUT2D eigenvalue weighted by Gasteiger charge is 2.49. The van der Waals surface area contributed by atoms with E-state index in [0.717, 1.165) is 14.0 Å². The van der Waals surface area contributed by atoms with Gasteiger partial charge >= 0.3 is 11.9 Å². The number of hydrogen-bond donors (Lipinski definition) is 3. The first-order valence-electron chi connectivity index (χ1n) is 4.83. The molecule has 0 saturated carbocycles. The minimum absolute atomic E-state index is 0.772. The van der Waals surface area contributed by atoms with E-state index in [1.54, 1.807) is 0 Å². The lowest BCUT2D eigenvalue weighted by Gasteiger charge is -2.38. The second-order valence-corrected chi connectivity index (χ2v) is 3.53. The summed E-state index contributed by atoms with van der Waals surface area (Å²) in [7, 11) is 1.07. The minimum Gasteiger partial charge on any atom is -0.467 e. The smallest absolute Gasteiger partial charge is 0.337 e. The van der Waals surface area contributed by atoms with Gasteiger partial charge < -0.3 is 29.5 Å². The van der Waals surface area contributed by atoms with Crippen LogP contribution in [0.5, 0.6) is 0 Å². The fourth-order valence-electron chi connectivity index (χ4n) is 1.49. The number of carbonyl (C=O) groups is 2. The Morgan fingerprint density at radius 2 is 1.76 bits per heavy atom. The van der Waals surface area contributed by atoms with Gasteiger partial charge in [0.1, 0.15) is 12.2 Å². The van der Waals surface area contributed by atoms with Gasteiger partial charge in [0.25, 0.3) is 0 Å². The van der Waals surface area contributed by atoms with E-state index in [0.29, 0.717) is 0 Å². The van der Waals surface area contributed by atoms with Crippen LogP contribution in [0.4, 0.5) is 0 Å². The Morgan fingerprint density at radius 1 is 1.18 bits per heavy atom. The van der Waals surface area contributed by atoms with Gasteiger partial charge in [0.2, 0.25) is 0 Å². The first kappa shape index (κ1) is 13.8. The van der Waals surface area contributed by atoms with Crippen molar-refractivity contribution in [3.63, 3.8) is 0 Å². The number of aliphatic hydroxyl groups is 3. The van der Waals surface area contributed by atoms with Gasteiger partial charge in [-0.25, -0.2) is 4.79 Å². The van der Waals surface area contributed by atoms with Gasteiger partial charge in [0.15, 0.2) is 18.5 Å². The Hall–Kier alpha value is -1.22. The summed E-state index contributed by atoms with van der Waals surface area (Å²) in [4.78, 5) is 22.0. The number of esters is 2. The van der Waals surface area contributed by atoms with E-state index in [-0.39, 0.29) is 0 Å². The Balaban J connectivity index is 2.86. The zero-order valence-corrected chi connectivity index (χ0v) is 9.27. The summed E-state index contributed by atoms with van der Waals surface area (Å²) >= 11 is 0. The number of carbonyl (C=O) groups excluding carboxylic acids is 2. The number of aliphatic hydroxyl groups excluding tert-OH is 3. The zero-order valence-electron chi connectivity index (χ0n) is 9.27. The van der Waals surface area contributed by atoms with Gasteiger partial charge in [0.05, 0.1) is 7.11 Å². The fourth-order valence-corrected chi connectivity index (χ4v) is 1.49. The van der Waals surface area contributed by atoms with Crippen molar-refractivity contribution in [1.82, 2.24) is 0 Å². The molecule has 8 heteroatoms. The van der Waals surface area contributed by atoms with Crippen molar-refractivity contribution in [1.29, 1.82) is 0 Å². The molecule has 0 spiro atoms. The molecular formula is C9H14O8. The highest BCUT2D eigenvalue weighted by atomic mass is 16.7. The van der Waals surface area contributed by atoms with Crippen LogP contribution in [0.2, 0.25) is 0 Å². The molecule has 0 aliphatic carbocycles. The summed E-state index contributed by atoms with van der Waals surface area (Å²) in [6, 6.07) is 0. The average Bonchev–Trinajstić information content (AvgIpc) is 2.28. The van der Waals surface area contributed by atoms with Crippen LogP contribution >= 0.6 is 0 Å². The zero-order chi connectivity index (χ0) is 13.2. The molecule has 1 heterocycles. The highest BCUT2D eigenvalue weighted by molar-refractivity contribution is 5.75. The minimum atomic E-state index is -1.76. The molecular weight excluding hydrogens is 236 g/mol. The summed E-state index contributed by atoms with van der Waals surface area (Å²) in [5.41, 5.74) is 0. The van der Waals surface area contributed by atoms with Gasteiger partial charge in [-0.15, -0.1) is 0 Å². The van der Waals surface area contributed by atoms with Crippen molar-refractivity contribution in [2.24, 2.45) is 0 Å². The van der Waals surface area contributed by atoms with Crippen molar-refractivity contribution in [2.75, 3.05) is 7.11 Å². The quantitative estimate of drug-likeness (QED) is 0.461. The Morgan fingerprint density at radius 3 is 2.24 bits per heavy atom. The molecule has 0 amide bonds. The van der Waals surface area contributed by atoms with Crippen LogP contribution in [0.25, 0.3) is 0 Å². The first-order chi connectivity index (χ1) is 7.88. The van der Waals surface area contributed by atoms with E-state index < -0.39 is 42.6 Å². The molecule has 17 heavy (non-hydrogen) atoms. The molecule has 0 bridgehead atoms. The Kier molecular flexibility index (Phi) is 4.40. The molecule has 5 atom stereocenters. The van der Waals surface area contributed by atoms with Crippen molar-refractivity contribution in [3.8, 4) is 0 Å². The van der Waals surface area contributed by atoms with E-state index in [9.17, 15) is 24.9 Å². The van der Waals surface area contributed by atoms with E-state index in [4.69, 9.17) is 0 Å². The first-order valence-corrected chi connectivity index (χ1v) is 4.83. The van der Waals surface area contributed by atoms with Crippen molar-refractivity contribution in [3.05, 3.63) is 0 Å². The Bertz CT molecular complexity index is 303. The molecule has 98 valence electrons. The van der Waals surface area contributed by atoms with Crippen molar-refractivity contribution < 1.29 is 39.1 Å². The summed E-state index contributed by atoms with van der Waals surface area (Å²) in [6.45, 7) is 1.06. The predicted molar refractivity (Wildman–Crippen MR) is 50.5 cm³/mol. The van der Waals surface area contributed by atoms with Crippen molar-refractivity contribution >= 4 is 11.9 Å². The molecule has 5 unspecified atom stereocenters. The summed E-state index contributed by atoms with van der Waals surface area (Å²) in [5.74, 6) is -1.72. The average molecular weight is 250 g/mol. The molecule has 0 aromatic carbocycles. The summed E-state index contributed by atoms with van der Waals surface area (Å²) in [6.07, 6.45) is -8.01. The summed E-state index contributed by atoms with van der Waals surface area (Å²) in [5, 5.41) is 28.5. The number of rotatable bonds is 2. The summed E-state index contributed by atoms with van der Waals surface area (Å²) < 4.78 is 13.6. The highest BCUT2D eigenvalue weighted by Crippen LogP contribution is 2.23. The lowest BCUT2D eigenvalue weighted by Crippen LogP contribution is -2.61. The van der Waals surface area contributed by atoms with E-state index >= 15 is 0 Å². The molecule has 8 nitrogen and oxygen atoms in total. The Labute approximate surface area is 96.7 Å². The maximum atomic E-state index is 11.2. The molecule has 1 aliphatic rings. The topological polar surface area (TPSA) is 123 Å². The third-order valence-corrected chi connectivity index (χ3v) is 2.30. The van der Waals surface area contributed by atoms with Crippen LogP contribution in [-0.2, 0) is 23.8 Å². The van der Waals surface area contributed by atoms with Crippen LogP contribution in [0.3, 0.4) is 0 Å². The van der Waals surface area contributed by atoms with Gasteiger partial charge in [-0.05, 0) is 0 Å². The third kappa shape index (κ3) is 2.91. The van der Waals surface area contributed by atoms with Gasteiger partial charge in [-0.3, -0.25) is 4.79 Å². The second kappa shape index (κ2) is 5.41. The second-order valence-electron chi connectivity index (χ2n) is 3.53. The molecule has 0 radical (unpaired) electrons. The molecule has 0 aromatic heterocycles. The van der Waals surface area contributed by atoms with Crippen LogP contribution in [0.1, 0.15) is 6.92 Å². The molecule has 1 aliphatic heterocycles. The standard InChI is InChI=1S/C9H14O8/c1-3(10)16-6-4(11)7(9(14)15-2)17-8(13)5(6)12/h4-8,11-13H,1-2H3. The number of hydrogen-bond acceptors (Lipinski definition) is 8. The lowest BCUT2D eigenvalue weighted by molar-refractivity contribution is -0.283. The van der Waals surface area contributed by atoms with Crippen molar-refractivity contribution in [2.45, 2.75) is 37.6 Å². The van der Waals surface area contributed by atoms with E-state index in [2.05, 4.69) is 14.2 Å². The van der Waals surface area contributed by atoms with Crippen LogP contribution in [0.15, 0.2) is 0 Å². The van der Waals surface area contributed by atoms with Gasteiger partial charge in [-0.1, -0.05) is 0 Å². The number of methoxy groups -OCH3 is 1. The maximum absolute atomic E-state index is 11.2. The maximum Gasteiger partial charge on any atom is 0.337 e. The predicted octanol–water partition coefficient (Wildman–Crippen LogP) is -2.47. The molecule has 1 rings (SSSR count). The SMILES string of the molecule is COC(=O)C1OC(O)C(O)C(OC(C)=O)C1O. The van der Waals surface area contributed by atoms with Gasteiger partial charge in [-0.2, -0.15) is 0 Å². The third-order valence-electron chi connectivity index (χ3n) is 2.30. The normalized spacial score (nSPS) is 37.4. The lowest BCUT2D eigenvalue weighted by atomic mass is 9.98. The molecule has 0 aromatic rings. The molecule has 1 fully saturated rings. The van der Waals surface area contributed by atoms with Crippen LogP contribution in [0, 0.1) is 0 Å². The van der Waals surface area contributed by atoms with E-state index in [1.807, 2.05) is 0 Å². The largest absolute Gasteiger partial charge is 0.467 e. The van der Waals surface area contributed by atoms with Crippen LogP contribution < -0.4 is 0 Å². The number of ether oxygens (including phenoxy) is 3. The molecule has 1 saturated heterocycles. The van der Waals surface area contributed by atoms with Crippen LogP contribution in [-0.4, -0.2) is 65.1 Å². The van der Waals surface area contributed by atoms with Gasteiger partial charge in [0, 0.05) is 6.92 Å². The monoisotopic (exact) mass is 250 g/mol.